The molecule has 1 aliphatic rings. The Morgan fingerprint density at radius 3 is 2.23 bits per heavy atom. The number of aryl methyl sites for hydroxylation is 1. The van der Waals surface area contributed by atoms with Gasteiger partial charge in [0.15, 0.2) is 0 Å². The van der Waals surface area contributed by atoms with Gasteiger partial charge in [-0.15, -0.1) is 0 Å². The number of nitrogens with zero attached hydrogens (tertiary/aromatic N) is 1. The largest absolute Gasteiger partial charge is 0.508 e. The van der Waals surface area contributed by atoms with Gasteiger partial charge in [-0.1, -0.05) is 42.0 Å². The maximum absolute atomic E-state index is 13.1. The lowest BCUT2D eigenvalue weighted by Crippen LogP contribution is -2.55. The van der Waals surface area contributed by atoms with Crippen LogP contribution in [0.5, 0.6) is 5.75 Å². The summed E-state index contributed by atoms with van der Waals surface area (Å²) in [6.07, 6.45) is 0.149. The minimum Gasteiger partial charge on any atom is -0.508 e. The number of amides is 1. The highest BCUT2D eigenvalue weighted by Gasteiger charge is 2.48. The van der Waals surface area contributed by atoms with Crippen molar-refractivity contribution in [3.8, 4) is 5.75 Å². The van der Waals surface area contributed by atoms with Gasteiger partial charge in [0.25, 0.3) is 0 Å². The second-order valence-corrected chi connectivity index (χ2v) is 7.83. The number of hydrogen-bond acceptors (Lipinski definition) is 3. The minimum atomic E-state index is -0.757. The van der Waals surface area contributed by atoms with Crippen molar-refractivity contribution in [2.45, 2.75) is 31.9 Å². The number of hydrogen-bond donors (Lipinski definition) is 2. The van der Waals surface area contributed by atoms with Gasteiger partial charge in [0.05, 0.1) is 18.1 Å². The van der Waals surface area contributed by atoms with Crippen molar-refractivity contribution < 1.29 is 19.4 Å². The smallest absolute Gasteiger partial charge is 0.233 e. The maximum atomic E-state index is 13.1. The molecule has 3 aromatic carbocycles. The first-order chi connectivity index (χ1) is 14.4. The van der Waals surface area contributed by atoms with Crippen LogP contribution in [0.15, 0.2) is 72.8 Å². The van der Waals surface area contributed by atoms with Crippen LogP contribution >= 0.6 is 0 Å². The van der Waals surface area contributed by atoms with Crippen molar-refractivity contribution in [3.05, 3.63) is 95.3 Å². The first kappa shape index (κ1) is 20.1. The molecule has 0 spiro atoms. The summed E-state index contributed by atoms with van der Waals surface area (Å²) in [5.41, 5.74) is 3.53. The van der Waals surface area contributed by atoms with E-state index in [2.05, 4.69) is 0 Å². The third-order valence-electron chi connectivity index (χ3n) is 5.77. The van der Waals surface area contributed by atoms with Gasteiger partial charge < -0.3 is 15.1 Å². The molecule has 5 heteroatoms. The van der Waals surface area contributed by atoms with Crippen LogP contribution in [0.2, 0.25) is 0 Å². The molecule has 1 aliphatic heterocycles. The van der Waals surface area contributed by atoms with Gasteiger partial charge in [-0.3, -0.25) is 4.79 Å². The van der Waals surface area contributed by atoms with Crippen molar-refractivity contribution in [1.29, 1.82) is 0 Å². The molecule has 1 saturated heterocycles. The van der Waals surface area contributed by atoms with Gasteiger partial charge in [0, 0.05) is 5.69 Å². The van der Waals surface area contributed by atoms with Crippen LogP contribution < -0.4 is 4.90 Å². The number of benzene rings is 3. The Kier molecular flexibility index (Phi) is 5.55. The van der Waals surface area contributed by atoms with Gasteiger partial charge in [0.1, 0.15) is 11.6 Å². The number of β-lactam (4-membered cyclic amide) rings is 1. The molecule has 0 saturated carbocycles. The van der Waals surface area contributed by atoms with Crippen LogP contribution in [0.1, 0.15) is 41.7 Å². The number of aliphatic hydroxyl groups is 1. The van der Waals surface area contributed by atoms with E-state index >= 15 is 0 Å². The second kappa shape index (κ2) is 8.28. The van der Waals surface area contributed by atoms with E-state index in [-0.39, 0.29) is 29.4 Å². The van der Waals surface area contributed by atoms with E-state index in [1.807, 2.05) is 43.3 Å². The predicted molar refractivity (Wildman–Crippen MR) is 114 cm³/mol. The Morgan fingerprint density at radius 1 is 0.967 bits per heavy atom. The number of phenolic OH excluding ortho intramolecular Hbond substituents is 1. The van der Waals surface area contributed by atoms with E-state index in [1.54, 1.807) is 29.2 Å². The number of carbonyl (C=O) groups is 1. The molecule has 0 bridgehead atoms. The number of halogens is 1. The van der Waals surface area contributed by atoms with Gasteiger partial charge in [-0.05, 0) is 67.3 Å². The molecule has 1 heterocycles. The fraction of sp³-hybridized carbons (Fsp3) is 0.240. The molecule has 3 atom stereocenters. The fourth-order valence-electron chi connectivity index (χ4n) is 4.07. The summed E-state index contributed by atoms with van der Waals surface area (Å²) >= 11 is 0. The van der Waals surface area contributed by atoms with Gasteiger partial charge in [-0.25, -0.2) is 4.39 Å². The van der Waals surface area contributed by atoms with E-state index in [0.717, 1.165) is 16.8 Å². The van der Waals surface area contributed by atoms with Crippen LogP contribution in [-0.2, 0) is 4.79 Å². The van der Waals surface area contributed by atoms with E-state index < -0.39 is 6.10 Å². The third kappa shape index (κ3) is 3.94. The van der Waals surface area contributed by atoms with Crippen LogP contribution in [0.4, 0.5) is 10.1 Å². The zero-order valence-corrected chi connectivity index (χ0v) is 16.7. The molecule has 154 valence electrons. The number of carbonyl (C=O) groups excluding carboxylic acids is 1. The topological polar surface area (TPSA) is 60.8 Å². The first-order valence-corrected chi connectivity index (χ1v) is 10.1. The molecule has 1 amide bonds. The highest BCUT2D eigenvalue weighted by molar-refractivity contribution is 6.03. The fourth-order valence-corrected chi connectivity index (χ4v) is 4.07. The minimum absolute atomic E-state index is 0.0169. The van der Waals surface area contributed by atoms with Crippen molar-refractivity contribution in [3.63, 3.8) is 0 Å². The molecule has 3 aromatic rings. The summed E-state index contributed by atoms with van der Waals surface area (Å²) < 4.78 is 13.1. The Balaban J connectivity index is 1.55. The summed E-state index contributed by atoms with van der Waals surface area (Å²) in [4.78, 5) is 14.8. The number of phenols is 1. The van der Waals surface area contributed by atoms with Crippen LogP contribution in [0, 0.1) is 18.7 Å². The molecule has 0 radical (unpaired) electrons. The number of rotatable bonds is 6. The Morgan fingerprint density at radius 2 is 1.60 bits per heavy atom. The standard InChI is InChI=1S/C25H24FNO3/c1-16-2-10-20(11-3-16)27-24(18-6-12-21(28)13-7-18)22(25(27)30)14-15-23(29)17-4-8-19(26)9-5-17/h2-13,22-24,28-29H,14-15H2,1H3/t22-,23+,24-/m1/s1. The first-order valence-electron chi connectivity index (χ1n) is 10.1. The van der Waals surface area contributed by atoms with E-state index in [1.165, 1.54) is 12.1 Å². The molecule has 4 nitrogen and oxygen atoms in total. The molecule has 2 N–H and O–H groups in total. The van der Waals surface area contributed by atoms with Crippen LogP contribution in [0.3, 0.4) is 0 Å². The Bertz CT molecular complexity index is 1020. The Hall–Kier alpha value is -3.18. The summed E-state index contributed by atoms with van der Waals surface area (Å²) in [5.74, 6) is -0.426. The van der Waals surface area contributed by atoms with E-state index in [9.17, 15) is 19.4 Å². The molecule has 0 unspecified atom stereocenters. The SMILES string of the molecule is Cc1ccc(N2C(=O)[C@H](CC[C@H](O)c3ccc(F)cc3)[C@H]2c2ccc(O)cc2)cc1. The predicted octanol–water partition coefficient (Wildman–Crippen LogP) is 5.06. The molecule has 0 aliphatic carbocycles. The molecular weight excluding hydrogens is 381 g/mol. The molecule has 30 heavy (non-hydrogen) atoms. The van der Waals surface area contributed by atoms with Gasteiger partial charge in [0.2, 0.25) is 5.91 Å². The average molecular weight is 405 g/mol. The van der Waals surface area contributed by atoms with Crippen molar-refractivity contribution in [2.24, 2.45) is 5.92 Å². The van der Waals surface area contributed by atoms with E-state index in [0.29, 0.717) is 18.4 Å². The monoisotopic (exact) mass is 405 g/mol. The van der Waals surface area contributed by atoms with Crippen LogP contribution in [0.25, 0.3) is 0 Å². The average Bonchev–Trinajstić information content (AvgIpc) is 2.74. The number of aromatic hydroxyl groups is 1. The third-order valence-corrected chi connectivity index (χ3v) is 5.77. The van der Waals surface area contributed by atoms with Crippen molar-refractivity contribution in [2.75, 3.05) is 4.90 Å². The highest BCUT2D eigenvalue weighted by Crippen LogP contribution is 2.46. The van der Waals surface area contributed by atoms with Crippen molar-refractivity contribution in [1.82, 2.24) is 0 Å². The lowest BCUT2D eigenvalue weighted by Gasteiger charge is -2.48. The van der Waals surface area contributed by atoms with E-state index in [4.69, 9.17) is 0 Å². The van der Waals surface area contributed by atoms with Crippen LogP contribution in [-0.4, -0.2) is 16.1 Å². The summed E-state index contributed by atoms with van der Waals surface area (Å²) in [6, 6.07) is 20.3. The normalized spacial score (nSPS) is 19.4. The number of anilines is 1. The van der Waals surface area contributed by atoms with Gasteiger partial charge in [-0.2, -0.15) is 0 Å². The lowest BCUT2D eigenvalue weighted by molar-refractivity contribution is -0.131. The maximum Gasteiger partial charge on any atom is 0.233 e. The highest BCUT2D eigenvalue weighted by atomic mass is 19.1. The molecule has 1 fully saturated rings. The lowest BCUT2D eigenvalue weighted by atomic mass is 9.78. The summed E-state index contributed by atoms with van der Waals surface area (Å²) in [7, 11) is 0. The molecule has 0 aromatic heterocycles. The summed E-state index contributed by atoms with van der Waals surface area (Å²) in [5, 5.41) is 20.1. The molecular formula is C25H24FNO3. The summed E-state index contributed by atoms with van der Waals surface area (Å²) in [6.45, 7) is 2.00. The number of aliphatic hydroxyl groups excluding tert-OH is 1. The zero-order valence-electron chi connectivity index (χ0n) is 16.7. The van der Waals surface area contributed by atoms with Gasteiger partial charge >= 0.3 is 0 Å². The zero-order chi connectivity index (χ0) is 21.3. The molecule has 4 rings (SSSR count). The van der Waals surface area contributed by atoms with Crippen molar-refractivity contribution >= 4 is 11.6 Å². The quantitative estimate of drug-likeness (QED) is 0.564. The second-order valence-electron chi connectivity index (χ2n) is 7.83. The Labute approximate surface area is 175 Å².